The van der Waals surface area contributed by atoms with Crippen molar-refractivity contribution >= 4 is 0 Å². The fraction of sp³-hybridized carbons (Fsp3) is 0.500. The third kappa shape index (κ3) is 2.34. The van der Waals surface area contributed by atoms with E-state index in [4.69, 9.17) is 0 Å². The Bertz CT molecular complexity index is 359. The summed E-state index contributed by atoms with van der Waals surface area (Å²) in [5, 5.41) is 3.15. The molecule has 0 spiro atoms. The van der Waals surface area contributed by atoms with Gasteiger partial charge in [-0.25, -0.2) is 8.78 Å². The van der Waals surface area contributed by atoms with E-state index in [0.717, 1.165) is 18.5 Å². The zero-order valence-electron chi connectivity index (χ0n) is 8.82. The van der Waals surface area contributed by atoms with Crippen LogP contribution in [-0.4, -0.2) is 13.6 Å². The fourth-order valence-corrected chi connectivity index (χ4v) is 2.05. The molecular weight excluding hydrogens is 196 g/mol. The van der Waals surface area contributed by atoms with Crippen molar-refractivity contribution in [3.8, 4) is 0 Å². The predicted octanol–water partition coefficient (Wildman–Crippen LogP) is 2.51. The Morgan fingerprint density at radius 2 is 2.00 bits per heavy atom. The SMILES string of the molecule is CNCC1(Cc2ccc(F)c(F)c2)CC1. The van der Waals surface area contributed by atoms with E-state index in [-0.39, 0.29) is 0 Å². The lowest BCUT2D eigenvalue weighted by atomic mass is 9.96. The molecule has 0 unspecified atom stereocenters. The monoisotopic (exact) mass is 211 g/mol. The van der Waals surface area contributed by atoms with Gasteiger partial charge in [0.25, 0.3) is 0 Å². The zero-order chi connectivity index (χ0) is 10.9. The normalized spacial score (nSPS) is 17.8. The van der Waals surface area contributed by atoms with Gasteiger partial charge in [-0.15, -0.1) is 0 Å². The van der Waals surface area contributed by atoms with Crippen LogP contribution in [0.2, 0.25) is 0 Å². The first kappa shape index (κ1) is 10.6. The maximum absolute atomic E-state index is 13.0. The summed E-state index contributed by atoms with van der Waals surface area (Å²) in [4.78, 5) is 0. The first-order valence-electron chi connectivity index (χ1n) is 5.24. The van der Waals surface area contributed by atoms with E-state index >= 15 is 0 Å². The van der Waals surface area contributed by atoms with E-state index in [1.165, 1.54) is 25.0 Å². The van der Waals surface area contributed by atoms with Crippen LogP contribution in [0.25, 0.3) is 0 Å². The highest BCUT2D eigenvalue weighted by molar-refractivity contribution is 5.21. The maximum Gasteiger partial charge on any atom is 0.159 e. The molecule has 0 heterocycles. The van der Waals surface area contributed by atoms with E-state index in [9.17, 15) is 8.78 Å². The molecule has 3 heteroatoms. The van der Waals surface area contributed by atoms with Gasteiger partial charge in [0.1, 0.15) is 0 Å². The van der Waals surface area contributed by atoms with E-state index < -0.39 is 11.6 Å². The molecule has 1 aliphatic carbocycles. The van der Waals surface area contributed by atoms with Crippen molar-refractivity contribution in [1.82, 2.24) is 5.32 Å². The van der Waals surface area contributed by atoms with Crippen LogP contribution >= 0.6 is 0 Å². The van der Waals surface area contributed by atoms with Crippen molar-refractivity contribution in [2.75, 3.05) is 13.6 Å². The van der Waals surface area contributed by atoms with Gasteiger partial charge in [0.05, 0.1) is 0 Å². The molecule has 0 saturated heterocycles. The van der Waals surface area contributed by atoms with Crippen LogP contribution in [0.15, 0.2) is 18.2 Å². The lowest BCUT2D eigenvalue weighted by Gasteiger charge is -2.14. The Morgan fingerprint density at radius 3 is 2.53 bits per heavy atom. The van der Waals surface area contributed by atoms with Crippen LogP contribution in [0.5, 0.6) is 0 Å². The lowest BCUT2D eigenvalue weighted by molar-refractivity contribution is 0.471. The Labute approximate surface area is 88.5 Å². The largest absolute Gasteiger partial charge is 0.319 e. The summed E-state index contributed by atoms with van der Waals surface area (Å²) in [5.41, 5.74) is 1.18. The van der Waals surface area contributed by atoms with Crippen LogP contribution in [0.1, 0.15) is 18.4 Å². The van der Waals surface area contributed by atoms with Gasteiger partial charge in [-0.05, 0) is 49.4 Å². The highest BCUT2D eigenvalue weighted by Crippen LogP contribution is 2.47. The van der Waals surface area contributed by atoms with Crippen LogP contribution < -0.4 is 5.32 Å². The predicted molar refractivity (Wildman–Crippen MR) is 55.7 cm³/mol. The fourth-order valence-electron chi connectivity index (χ4n) is 2.05. The number of halogens is 2. The van der Waals surface area contributed by atoms with Crippen LogP contribution in [0.3, 0.4) is 0 Å². The standard InChI is InChI=1S/C12H15F2N/c1-15-8-12(4-5-12)7-9-2-3-10(13)11(14)6-9/h2-3,6,15H,4-5,7-8H2,1H3. The summed E-state index contributed by atoms with van der Waals surface area (Å²) in [5.74, 6) is -1.51. The summed E-state index contributed by atoms with van der Waals surface area (Å²) in [6.45, 7) is 0.950. The van der Waals surface area contributed by atoms with Gasteiger partial charge in [0.15, 0.2) is 11.6 Å². The summed E-state index contributed by atoms with van der Waals surface area (Å²) in [6.07, 6.45) is 3.19. The van der Waals surface area contributed by atoms with E-state index in [1.807, 2.05) is 7.05 Å². The molecule has 0 aromatic heterocycles. The van der Waals surface area contributed by atoms with Gasteiger partial charge in [-0.1, -0.05) is 6.07 Å². The molecule has 1 N–H and O–H groups in total. The molecular formula is C12H15F2N. The molecule has 0 aliphatic heterocycles. The average molecular weight is 211 g/mol. The topological polar surface area (TPSA) is 12.0 Å². The molecule has 1 aromatic rings. The molecule has 1 fully saturated rings. The van der Waals surface area contributed by atoms with E-state index in [2.05, 4.69) is 5.32 Å². The minimum atomic E-state index is -0.766. The van der Waals surface area contributed by atoms with Crippen molar-refractivity contribution < 1.29 is 8.78 Å². The number of rotatable bonds is 4. The lowest BCUT2D eigenvalue weighted by Crippen LogP contribution is -2.22. The van der Waals surface area contributed by atoms with Crippen molar-refractivity contribution in [3.05, 3.63) is 35.4 Å². The van der Waals surface area contributed by atoms with Crippen molar-refractivity contribution in [3.63, 3.8) is 0 Å². The third-order valence-corrected chi connectivity index (χ3v) is 3.07. The Kier molecular flexibility index (Phi) is 2.74. The van der Waals surface area contributed by atoms with E-state index in [0.29, 0.717) is 5.41 Å². The summed E-state index contributed by atoms with van der Waals surface area (Å²) < 4.78 is 25.7. The molecule has 0 amide bonds. The molecule has 1 nitrogen and oxygen atoms in total. The maximum atomic E-state index is 13.0. The summed E-state index contributed by atoms with van der Waals surface area (Å²) >= 11 is 0. The van der Waals surface area contributed by atoms with Gasteiger partial charge < -0.3 is 5.32 Å². The summed E-state index contributed by atoms with van der Waals surface area (Å²) in [7, 11) is 1.92. The first-order chi connectivity index (χ1) is 7.15. The van der Waals surface area contributed by atoms with Gasteiger partial charge in [0, 0.05) is 6.54 Å². The molecule has 1 saturated carbocycles. The second-order valence-corrected chi connectivity index (χ2v) is 4.46. The molecule has 82 valence electrons. The van der Waals surface area contributed by atoms with Crippen LogP contribution in [0, 0.1) is 17.0 Å². The molecule has 1 aliphatic rings. The molecule has 1 aromatic carbocycles. The van der Waals surface area contributed by atoms with Crippen molar-refractivity contribution in [2.45, 2.75) is 19.3 Å². The highest BCUT2D eigenvalue weighted by Gasteiger charge is 2.41. The Balaban J connectivity index is 2.08. The second kappa shape index (κ2) is 3.89. The van der Waals surface area contributed by atoms with Crippen molar-refractivity contribution in [1.29, 1.82) is 0 Å². The van der Waals surface area contributed by atoms with E-state index in [1.54, 1.807) is 6.07 Å². The molecule has 0 radical (unpaired) electrons. The molecule has 15 heavy (non-hydrogen) atoms. The quantitative estimate of drug-likeness (QED) is 0.806. The zero-order valence-corrected chi connectivity index (χ0v) is 8.82. The number of nitrogens with one attached hydrogen (secondary N) is 1. The van der Waals surface area contributed by atoms with Crippen LogP contribution in [0.4, 0.5) is 8.78 Å². The minimum absolute atomic E-state index is 0.291. The van der Waals surface area contributed by atoms with Crippen LogP contribution in [-0.2, 0) is 6.42 Å². The molecule has 0 atom stereocenters. The summed E-state index contributed by atoms with van der Waals surface area (Å²) in [6, 6.07) is 4.19. The molecule has 0 bridgehead atoms. The van der Waals surface area contributed by atoms with Crippen molar-refractivity contribution in [2.24, 2.45) is 5.41 Å². The third-order valence-electron chi connectivity index (χ3n) is 3.07. The minimum Gasteiger partial charge on any atom is -0.319 e. The number of benzene rings is 1. The smallest absolute Gasteiger partial charge is 0.159 e. The second-order valence-electron chi connectivity index (χ2n) is 4.46. The van der Waals surface area contributed by atoms with Gasteiger partial charge in [0.2, 0.25) is 0 Å². The Morgan fingerprint density at radius 1 is 1.27 bits per heavy atom. The average Bonchev–Trinajstić information content (AvgIpc) is 2.92. The number of hydrogen-bond acceptors (Lipinski definition) is 1. The first-order valence-corrected chi connectivity index (χ1v) is 5.24. The van der Waals surface area contributed by atoms with Gasteiger partial charge >= 0.3 is 0 Å². The molecule has 2 rings (SSSR count). The number of hydrogen-bond donors (Lipinski definition) is 1. The van der Waals surface area contributed by atoms with Gasteiger partial charge in [-0.3, -0.25) is 0 Å². The Hall–Kier alpha value is -0.960. The highest BCUT2D eigenvalue weighted by atomic mass is 19.2. The van der Waals surface area contributed by atoms with Gasteiger partial charge in [-0.2, -0.15) is 0 Å².